The third-order valence-electron chi connectivity index (χ3n) is 2.52. The summed E-state index contributed by atoms with van der Waals surface area (Å²) in [6.45, 7) is 0. The highest BCUT2D eigenvalue weighted by Crippen LogP contribution is 2.18. The van der Waals surface area contributed by atoms with Crippen molar-refractivity contribution < 1.29 is 4.79 Å². The standard InChI is InChI=1S/C15H13Br2NOS/c16-12-6-4-11(5-7-12)9-20-10-15(19)18-14-3-1-2-13(17)8-14/h1-8H,9-10H2,(H,18,19). The molecule has 0 aliphatic carbocycles. The molecule has 0 aromatic heterocycles. The fraction of sp³-hybridized carbons (Fsp3) is 0.133. The largest absolute Gasteiger partial charge is 0.325 e. The Labute approximate surface area is 139 Å². The van der Waals surface area contributed by atoms with Gasteiger partial charge >= 0.3 is 0 Å². The van der Waals surface area contributed by atoms with Gasteiger partial charge in [-0.3, -0.25) is 4.79 Å². The normalized spacial score (nSPS) is 10.3. The van der Waals surface area contributed by atoms with Gasteiger partial charge in [-0.15, -0.1) is 11.8 Å². The quantitative estimate of drug-likeness (QED) is 0.738. The van der Waals surface area contributed by atoms with E-state index < -0.39 is 0 Å². The fourth-order valence-corrected chi connectivity index (χ4v) is 3.06. The summed E-state index contributed by atoms with van der Waals surface area (Å²) in [6, 6.07) is 15.7. The van der Waals surface area contributed by atoms with Crippen molar-refractivity contribution in [2.24, 2.45) is 0 Å². The van der Waals surface area contributed by atoms with Gasteiger partial charge in [0.1, 0.15) is 0 Å². The first-order valence-electron chi connectivity index (χ1n) is 6.01. The van der Waals surface area contributed by atoms with Crippen molar-refractivity contribution in [3.63, 3.8) is 0 Å². The van der Waals surface area contributed by atoms with E-state index in [4.69, 9.17) is 0 Å². The minimum absolute atomic E-state index is 0.0187. The van der Waals surface area contributed by atoms with Crippen LogP contribution in [0.3, 0.4) is 0 Å². The second kappa shape index (κ2) is 7.86. The second-order valence-electron chi connectivity index (χ2n) is 4.18. The molecule has 20 heavy (non-hydrogen) atoms. The number of halogens is 2. The Morgan fingerprint density at radius 2 is 1.80 bits per heavy atom. The van der Waals surface area contributed by atoms with Gasteiger partial charge in [0.2, 0.25) is 5.91 Å². The van der Waals surface area contributed by atoms with Crippen LogP contribution in [0.2, 0.25) is 0 Å². The summed E-state index contributed by atoms with van der Waals surface area (Å²) in [4.78, 5) is 11.8. The van der Waals surface area contributed by atoms with E-state index in [-0.39, 0.29) is 5.91 Å². The summed E-state index contributed by atoms with van der Waals surface area (Å²) in [5.74, 6) is 1.30. The number of carbonyl (C=O) groups is 1. The van der Waals surface area contributed by atoms with Crippen LogP contribution in [-0.2, 0) is 10.5 Å². The van der Waals surface area contributed by atoms with Crippen LogP contribution in [0, 0.1) is 0 Å². The first-order valence-corrected chi connectivity index (χ1v) is 8.75. The fourth-order valence-electron chi connectivity index (χ4n) is 1.61. The molecule has 0 spiro atoms. The van der Waals surface area contributed by atoms with Crippen molar-refractivity contribution in [3.05, 3.63) is 63.0 Å². The predicted octanol–water partition coefficient (Wildman–Crippen LogP) is 5.08. The van der Waals surface area contributed by atoms with Crippen LogP contribution in [0.15, 0.2) is 57.5 Å². The van der Waals surface area contributed by atoms with Gasteiger partial charge in [-0.05, 0) is 35.9 Å². The number of carbonyl (C=O) groups excluding carboxylic acids is 1. The average Bonchev–Trinajstić information content (AvgIpc) is 2.41. The number of hydrogen-bond donors (Lipinski definition) is 1. The van der Waals surface area contributed by atoms with Crippen LogP contribution in [0.25, 0.3) is 0 Å². The number of hydrogen-bond acceptors (Lipinski definition) is 2. The first-order chi connectivity index (χ1) is 9.63. The van der Waals surface area contributed by atoms with E-state index in [0.717, 1.165) is 20.4 Å². The highest BCUT2D eigenvalue weighted by molar-refractivity contribution is 9.10. The summed E-state index contributed by atoms with van der Waals surface area (Å²) < 4.78 is 2.02. The maximum Gasteiger partial charge on any atom is 0.234 e. The topological polar surface area (TPSA) is 29.1 Å². The molecule has 5 heteroatoms. The number of rotatable bonds is 5. The van der Waals surface area contributed by atoms with E-state index in [1.54, 1.807) is 11.8 Å². The van der Waals surface area contributed by atoms with E-state index in [1.165, 1.54) is 5.56 Å². The summed E-state index contributed by atoms with van der Waals surface area (Å²) in [6.07, 6.45) is 0. The Kier molecular flexibility index (Phi) is 6.13. The van der Waals surface area contributed by atoms with Gasteiger partial charge in [-0.25, -0.2) is 0 Å². The molecule has 2 aromatic rings. The SMILES string of the molecule is O=C(CSCc1ccc(Br)cc1)Nc1cccc(Br)c1. The summed E-state index contributed by atoms with van der Waals surface area (Å²) in [5.41, 5.74) is 2.03. The smallest absolute Gasteiger partial charge is 0.234 e. The van der Waals surface area contributed by atoms with Crippen molar-refractivity contribution in [2.45, 2.75) is 5.75 Å². The summed E-state index contributed by atoms with van der Waals surface area (Å²) in [5, 5.41) is 2.88. The Hall–Kier alpha value is -0.780. The minimum atomic E-state index is 0.0187. The van der Waals surface area contributed by atoms with Crippen LogP contribution in [-0.4, -0.2) is 11.7 Å². The van der Waals surface area contributed by atoms with Crippen molar-refractivity contribution in [2.75, 3.05) is 11.1 Å². The molecule has 0 aliphatic heterocycles. The average molecular weight is 415 g/mol. The maximum absolute atomic E-state index is 11.8. The van der Waals surface area contributed by atoms with Crippen molar-refractivity contribution in [1.82, 2.24) is 0 Å². The van der Waals surface area contributed by atoms with Gasteiger partial charge in [0.15, 0.2) is 0 Å². The van der Waals surface area contributed by atoms with Crippen LogP contribution >= 0.6 is 43.6 Å². The van der Waals surface area contributed by atoms with E-state index in [0.29, 0.717) is 5.75 Å². The zero-order valence-corrected chi connectivity index (χ0v) is 14.6. The van der Waals surface area contributed by atoms with Crippen LogP contribution in [0.1, 0.15) is 5.56 Å². The van der Waals surface area contributed by atoms with Gasteiger partial charge in [-0.1, -0.05) is 50.1 Å². The maximum atomic E-state index is 11.8. The van der Waals surface area contributed by atoms with Gasteiger partial charge in [0, 0.05) is 20.4 Å². The van der Waals surface area contributed by atoms with Crippen molar-refractivity contribution >= 4 is 55.2 Å². The van der Waals surface area contributed by atoms with E-state index >= 15 is 0 Å². The van der Waals surface area contributed by atoms with Crippen molar-refractivity contribution in [3.8, 4) is 0 Å². The van der Waals surface area contributed by atoms with E-state index in [2.05, 4.69) is 49.3 Å². The Balaban J connectivity index is 1.76. The molecule has 0 aliphatic rings. The molecule has 0 heterocycles. The molecule has 1 amide bonds. The second-order valence-corrected chi connectivity index (χ2v) is 6.99. The highest BCUT2D eigenvalue weighted by Gasteiger charge is 2.03. The predicted molar refractivity (Wildman–Crippen MR) is 93.1 cm³/mol. The molecule has 0 bridgehead atoms. The van der Waals surface area contributed by atoms with Crippen LogP contribution in [0.4, 0.5) is 5.69 Å². The Bertz CT molecular complexity index is 587. The molecule has 0 fully saturated rings. The molecule has 0 saturated carbocycles. The molecule has 1 N–H and O–H groups in total. The number of thioether (sulfide) groups is 1. The van der Waals surface area contributed by atoms with Crippen molar-refractivity contribution in [1.29, 1.82) is 0 Å². The zero-order chi connectivity index (χ0) is 14.4. The third-order valence-corrected chi connectivity index (χ3v) is 4.55. The van der Waals surface area contributed by atoms with E-state index in [9.17, 15) is 4.79 Å². The van der Waals surface area contributed by atoms with Crippen LogP contribution < -0.4 is 5.32 Å². The summed E-state index contributed by atoms with van der Waals surface area (Å²) >= 11 is 8.39. The third kappa shape index (κ3) is 5.31. The monoisotopic (exact) mass is 413 g/mol. The molecule has 2 nitrogen and oxygen atoms in total. The van der Waals surface area contributed by atoms with E-state index in [1.807, 2.05) is 36.4 Å². The highest BCUT2D eigenvalue weighted by atomic mass is 79.9. The Morgan fingerprint density at radius 1 is 1.05 bits per heavy atom. The molecule has 0 unspecified atom stereocenters. The zero-order valence-electron chi connectivity index (χ0n) is 10.6. The number of nitrogens with one attached hydrogen (secondary N) is 1. The minimum Gasteiger partial charge on any atom is -0.325 e. The lowest BCUT2D eigenvalue weighted by atomic mass is 10.2. The molecular formula is C15H13Br2NOS. The molecule has 0 atom stereocenters. The van der Waals surface area contributed by atoms with Crippen LogP contribution in [0.5, 0.6) is 0 Å². The number of benzene rings is 2. The summed E-state index contributed by atoms with van der Waals surface area (Å²) in [7, 11) is 0. The first kappa shape index (κ1) is 15.6. The molecule has 0 saturated heterocycles. The van der Waals surface area contributed by atoms with Gasteiger partial charge in [0.25, 0.3) is 0 Å². The molecule has 0 radical (unpaired) electrons. The molecular weight excluding hydrogens is 402 g/mol. The van der Waals surface area contributed by atoms with Gasteiger partial charge in [-0.2, -0.15) is 0 Å². The lowest BCUT2D eigenvalue weighted by Crippen LogP contribution is -2.14. The molecule has 2 rings (SSSR count). The lowest BCUT2D eigenvalue weighted by molar-refractivity contribution is -0.113. The lowest BCUT2D eigenvalue weighted by Gasteiger charge is -2.06. The molecule has 104 valence electrons. The van der Waals surface area contributed by atoms with Gasteiger partial charge < -0.3 is 5.32 Å². The number of anilines is 1. The van der Waals surface area contributed by atoms with Gasteiger partial charge in [0.05, 0.1) is 5.75 Å². The number of amides is 1. The Morgan fingerprint density at radius 3 is 2.50 bits per heavy atom. The molecule has 2 aromatic carbocycles.